The highest BCUT2D eigenvalue weighted by molar-refractivity contribution is 5.92. The molecule has 0 aliphatic rings. The molecule has 0 bridgehead atoms. The summed E-state index contributed by atoms with van der Waals surface area (Å²) in [5, 5.41) is 2.76. The van der Waals surface area contributed by atoms with Gasteiger partial charge in [-0.3, -0.25) is 19.1 Å². The van der Waals surface area contributed by atoms with Crippen molar-refractivity contribution in [3.8, 4) is 5.69 Å². The lowest BCUT2D eigenvalue weighted by Gasteiger charge is -2.11. The highest BCUT2D eigenvalue weighted by Gasteiger charge is 2.11. The summed E-state index contributed by atoms with van der Waals surface area (Å²) in [4.78, 5) is 35.9. The molecule has 0 saturated carbocycles. The number of ether oxygens (including phenoxy) is 1. The first-order valence-corrected chi connectivity index (χ1v) is 15.2. The van der Waals surface area contributed by atoms with E-state index in [1.54, 1.807) is 22.9 Å². The van der Waals surface area contributed by atoms with Gasteiger partial charge in [0.15, 0.2) is 0 Å². The van der Waals surface area contributed by atoms with Gasteiger partial charge in [-0.25, -0.2) is 4.68 Å². The summed E-state index contributed by atoms with van der Waals surface area (Å²) in [6, 6.07) is 8.88. The second-order valence-corrected chi connectivity index (χ2v) is 10.7. The summed E-state index contributed by atoms with van der Waals surface area (Å²) >= 11 is 0. The molecule has 1 amide bonds. The Bertz CT molecular complexity index is 1020. The molecular weight excluding hydrogens is 490 g/mol. The molecule has 7 heteroatoms. The van der Waals surface area contributed by atoms with E-state index in [0.29, 0.717) is 5.69 Å². The van der Waals surface area contributed by atoms with Crippen LogP contribution in [-0.2, 0) is 27.8 Å². The van der Waals surface area contributed by atoms with Crippen LogP contribution in [0.2, 0.25) is 0 Å². The number of rotatable bonds is 21. The van der Waals surface area contributed by atoms with Crippen LogP contribution in [0, 0.1) is 0 Å². The molecule has 0 atom stereocenters. The number of aromatic nitrogens is 2. The number of hydrogen-bond donors (Lipinski definition) is 1. The highest BCUT2D eigenvalue weighted by Crippen LogP contribution is 2.16. The summed E-state index contributed by atoms with van der Waals surface area (Å²) in [6.45, 7) is 2.27. The molecule has 7 nitrogen and oxygen atoms in total. The molecule has 2 rings (SSSR count). The number of methoxy groups -OCH3 is 1. The third-order valence-corrected chi connectivity index (χ3v) is 7.43. The molecule has 0 radical (unpaired) electrons. The van der Waals surface area contributed by atoms with Gasteiger partial charge in [-0.05, 0) is 37.1 Å². The normalized spacial score (nSPS) is 11.1. The number of nitrogens with zero attached hydrogens (tertiary/aromatic N) is 2. The SMILES string of the molecule is CCCCCCCCCCCCCCCCCc1cc(=O)n(-c2ccc(NC(=O)CCC(=O)OC)cc2)n1C. The standard InChI is InChI=1S/C32H51N3O4/c1-4-5-6-7-8-9-10-11-12-13-14-15-16-17-18-19-29-26-31(37)35(34(29)2)28-22-20-27(21-23-28)33-30(36)24-25-32(38)39-3/h20-23,26H,4-19,24-25H2,1-3H3,(H,33,36). The lowest BCUT2D eigenvalue weighted by molar-refractivity contribution is -0.141. The van der Waals surface area contributed by atoms with E-state index in [9.17, 15) is 14.4 Å². The molecule has 2 aromatic rings. The van der Waals surface area contributed by atoms with E-state index in [1.165, 1.54) is 97.0 Å². The number of carbonyl (C=O) groups excluding carboxylic acids is 2. The van der Waals surface area contributed by atoms with Gasteiger partial charge in [0.1, 0.15) is 0 Å². The summed E-state index contributed by atoms with van der Waals surface area (Å²) in [5.74, 6) is -0.668. The molecule has 0 aliphatic carbocycles. The largest absolute Gasteiger partial charge is 0.469 e. The number of nitrogens with one attached hydrogen (secondary N) is 1. The maximum absolute atomic E-state index is 12.7. The molecule has 218 valence electrons. The minimum Gasteiger partial charge on any atom is -0.469 e. The number of carbonyl (C=O) groups is 2. The van der Waals surface area contributed by atoms with E-state index in [4.69, 9.17) is 0 Å². The molecule has 0 fully saturated rings. The van der Waals surface area contributed by atoms with Gasteiger partial charge in [-0.1, -0.05) is 96.8 Å². The van der Waals surface area contributed by atoms with Crippen LogP contribution in [0.15, 0.2) is 35.1 Å². The molecule has 1 heterocycles. The number of anilines is 1. The Morgan fingerprint density at radius 2 is 1.28 bits per heavy atom. The third-order valence-electron chi connectivity index (χ3n) is 7.43. The Hall–Kier alpha value is -2.83. The maximum Gasteiger partial charge on any atom is 0.306 e. The zero-order valence-corrected chi connectivity index (χ0v) is 24.6. The van der Waals surface area contributed by atoms with E-state index in [-0.39, 0.29) is 24.3 Å². The van der Waals surface area contributed by atoms with Gasteiger partial charge >= 0.3 is 5.97 Å². The van der Waals surface area contributed by atoms with Crippen molar-refractivity contribution in [2.75, 3.05) is 12.4 Å². The van der Waals surface area contributed by atoms with Crippen LogP contribution in [0.5, 0.6) is 0 Å². The van der Waals surface area contributed by atoms with Crippen LogP contribution in [0.4, 0.5) is 5.69 Å². The predicted molar refractivity (Wildman–Crippen MR) is 160 cm³/mol. The van der Waals surface area contributed by atoms with Crippen molar-refractivity contribution in [3.63, 3.8) is 0 Å². The van der Waals surface area contributed by atoms with Crippen molar-refractivity contribution >= 4 is 17.6 Å². The monoisotopic (exact) mass is 541 g/mol. The number of unbranched alkanes of at least 4 members (excludes halogenated alkanes) is 14. The van der Waals surface area contributed by atoms with Gasteiger partial charge in [-0.2, -0.15) is 0 Å². The number of amides is 1. The fourth-order valence-corrected chi connectivity index (χ4v) is 5.01. The van der Waals surface area contributed by atoms with Crippen LogP contribution in [0.1, 0.15) is 122 Å². The minimum atomic E-state index is -0.413. The molecule has 39 heavy (non-hydrogen) atoms. The first-order valence-electron chi connectivity index (χ1n) is 15.2. The molecule has 1 aromatic carbocycles. The Morgan fingerprint density at radius 3 is 1.79 bits per heavy atom. The lowest BCUT2D eigenvalue weighted by atomic mass is 10.0. The van der Waals surface area contributed by atoms with Gasteiger partial charge < -0.3 is 10.1 Å². The van der Waals surface area contributed by atoms with Crippen LogP contribution in [-0.4, -0.2) is 28.3 Å². The maximum atomic E-state index is 12.7. The smallest absolute Gasteiger partial charge is 0.306 e. The van der Waals surface area contributed by atoms with Crippen LogP contribution >= 0.6 is 0 Å². The Morgan fingerprint density at radius 1 is 0.769 bits per heavy atom. The van der Waals surface area contributed by atoms with Gasteiger partial charge in [0.2, 0.25) is 5.91 Å². The highest BCUT2D eigenvalue weighted by atomic mass is 16.5. The van der Waals surface area contributed by atoms with Crippen molar-refractivity contribution in [3.05, 3.63) is 46.4 Å². The van der Waals surface area contributed by atoms with Crippen molar-refractivity contribution < 1.29 is 14.3 Å². The summed E-state index contributed by atoms with van der Waals surface area (Å²) in [7, 11) is 3.22. The summed E-state index contributed by atoms with van der Waals surface area (Å²) in [6.07, 6.45) is 21.1. The quantitative estimate of drug-likeness (QED) is 0.131. The van der Waals surface area contributed by atoms with Gasteiger partial charge in [-0.15, -0.1) is 0 Å². The van der Waals surface area contributed by atoms with E-state index in [2.05, 4.69) is 17.0 Å². The van der Waals surface area contributed by atoms with Gasteiger partial charge in [0, 0.05) is 30.9 Å². The summed E-state index contributed by atoms with van der Waals surface area (Å²) < 4.78 is 8.14. The zero-order valence-electron chi connectivity index (χ0n) is 24.6. The van der Waals surface area contributed by atoms with Gasteiger partial charge in [0.05, 0.1) is 19.2 Å². The molecule has 0 spiro atoms. The first kappa shape index (κ1) is 32.4. The predicted octanol–water partition coefficient (Wildman–Crippen LogP) is 7.48. The van der Waals surface area contributed by atoms with E-state index < -0.39 is 5.97 Å². The van der Waals surface area contributed by atoms with Crippen LogP contribution in [0.3, 0.4) is 0 Å². The van der Waals surface area contributed by atoms with E-state index in [0.717, 1.165) is 24.2 Å². The van der Waals surface area contributed by atoms with Crippen molar-refractivity contribution in [2.45, 2.75) is 122 Å². The van der Waals surface area contributed by atoms with Crippen molar-refractivity contribution in [1.29, 1.82) is 0 Å². The Labute approximate surface area is 235 Å². The second kappa shape index (κ2) is 19.3. The molecule has 0 unspecified atom stereocenters. The Kier molecular flexibility index (Phi) is 16.0. The molecule has 1 N–H and O–H groups in total. The summed E-state index contributed by atoms with van der Waals surface area (Å²) in [5.41, 5.74) is 2.35. The Balaban J connectivity index is 1.63. The number of hydrogen-bond acceptors (Lipinski definition) is 4. The lowest BCUT2D eigenvalue weighted by Crippen LogP contribution is -2.19. The zero-order chi connectivity index (χ0) is 28.3. The number of aryl methyl sites for hydroxylation is 1. The first-order chi connectivity index (χ1) is 19.0. The molecule has 0 aliphatic heterocycles. The van der Waals surface area contributed by atoms with Crippen molar-refractivity contribution in [1.82, 2.24) is 9.36 Å². The molecule has 1 aromatic heterocycles. The average Bonchev–Trinajstić information content (AvgIpc) is 3.22. The average molecular weight is 542 g/mol. The fraction of sp³-hybridized carbons (Fsp3) is 0.656. The molecular formula is C32H51N3O4. The fourth-order valence-electron chi connectivity index (χ4n) is 5.01. The topological polar surface area (TPSA) is 82.3 Å². The van der Waals surface area contributed by atoms with Crippen LogP contribution in [0.25, 0.3) is 5.69 Å². The number of esters is 1. The third kappa shape index (κ3) is 12.7. The van der Waals surface area contributed by atoms with E-state index >= 15 is 0 Å². The van der Waals surface area contributed by atoms with Crippen LogP contribution < -0.4 is 10.9 Å². The second-order valence-electron chi connectivity index (χ2n) is 10.7. The van der Waals surface area contributed by atoms with Crippen molar-refractivity contribution in [2.24, 2.45) is 7.05 Å². The molecule has 0 saturated heterocycles. The minimum absolute atomic E-state index is 0.0430. The number of benzene rings is 1. The van der Waals surface area contributed by atoms with E-state index in [1.807, 2.05) is 23.9 Å². The van der Waals surface area contributed by atoms with Gasteiger partial charge in [0.25, 0.3) is 5.56 Å².